The van der Waals surface area contributed by atoms with Crippen molar-refractivity contribution in [3.05, 3.63) is 60.2 Å². The Morgan fingerprint density at radius 2 is 1.81 bits per heavy atom. The van der Waals surface area contributed by atoms with Gasteiger partial charge in [0, 0.05) is 18.8 Å². The predicted octanol–water partition coefficient (Wildman–Crippen LogP) is 2.33. The third kappa shape index (κ3) is 4.91. The van der Waals surface area contributed by atoms with Crippen LogP contribution in [-0.4, -0.2) is 33.6 Å². The van der Waals surface area contributed by atoms with Gasteiger partial charge in [0.15, 0.2) is 0 Å². The molecule has 1 amide bonds. The van der Waals surface area contributed by atoms with E-state index in [-0.39, 0.29) is 10.8 Å². The minimum absolute atomic E-state index is 0.167. The van der Waals surface area contributed by atoms with Crippen LogP contribution in [0.5, 0.6) is 0 Å². The number of carbonyl (C=O) groups excluding carboxylic acids is 1. The Labute approximate surface area is 153 Å². The van der Waals surface area contributed by atoms with Crippen molar-refractivity contribution in [2.75, 3.05) is 18.5 Å². The van der Waals surface area contributed by atoms with E-state index in [4.69, 9.17) is 4.74 Å². The summed E-state index contributed by atoms with van der Waals surface area (Å²) in [4.78, 5) is 12.2. The second-order valence-corrected chi connectivity index (χ2v) is 7.92. The predicted molar refractivity (Wildman–Crippen MR) is 99.4 cm³/mol. The number of ether oxygens (including phenoxy) is 1. The lowest BCUT2D eigenvalue weighted by Gasteiger charge is -2.11. The Kier molecular flexibility index (Phi) is 6.03. The summed E-state index contributed by atoms with van der Waals surface area (Å²) < 4.78 is 32.6. The zero-order valence-corrected chi connectivity index (χ0v) is 15.2. The summed E-state index contributed by atoms with van der Waals surface area (Å²) in [6.07, 6.45) is 1.79. The Bertz CT molecular complexity index is 830. The third-order valence-corrected chi connectivity index (χ3v) is 5.68. The summed E-state index contributed by atoms with van der Waals surface area (Å²) in [5, 5.41) is 2.75. The van der Waals surface area contributed by atoms with Crippen molar-refractivity contribution < 1.29 is 17.9 Å². The molecule has 1 saturated heterocycles. The third-order valence-electron chi connectivity index (χ3n) is 4.20. The highest BCUT2D eigenvalue weighted by Crippen LogP contribution is 2.17. The van der Waals surface area contributed by atoms with Gasteiger partial charge in [0.25, 0.3) is 5.91 Å². The molecule has 1 atom stereocenters. The molecule has 0 bridgehead atoms. The van der Waals surface area contributed by atoms with E-state index in [0.717, 1.165) is 12.0 Å². The average Bonchev–Trinajstić information content (AvgIpc) is 3.18. The van der Waals surface area contributed by atoms with Crippen LogP contribution < -0.4 is 10.0 Å². The van der Waals surface area contributed by atoms with Gasteiger partial charge < -0.3 is 10.1 Å². The molecule has 0 aliphatic carbocycles. The van der Waals surface area contributed by atoms with Crippen LogP contribution in [-0.2, 0) is 26.0 Å². The number of amides is 1. The van der Waals surface area contributed by atoms with Crippen LogP contribution in [0.2, 0.25) is 0 Å². The number of sulfonamides is 1. The molecule has 3 rings (SSSR count). The van der Waals surface area contributed by atoms with Crippen LogP contribution in [0.4, 0.5) is 5.69 Å². The molecule has 1 aliphatic rings. The van der Waals surface area contributed by atoms with Crippen LogP contribution >= 0.6 is 0 Å². The summed E-state index contributed by atoms with van der Waals surface area (Å²) >= 11 is 0. The lowest BCUT2D eigenvalue weighted by Crippen LogP contribution is -2.27. The van der Waals surface area contributed by atoms with Gasteiger partial charge >= 0.3 is 0 Å². The molecule has 2 aromatic carbocycles. The molecule has 0 spiro atoms. The van der Waals surface area contributed by atoms with E-state index in [1.54, 1.807) is 12.1 Å². The van der Waals surface area contributed by atoms with Gasteiger partial charge in [-0.15, -0.1) is 0 Å². The largest absolute Gasteiger partial charge is 0.368 e. The van der Waals surface area contributed by atoms with E-state index in [1.165, 1.54) is 12.1 Å². The first-order chi connectivity index (χ1) is 12.5. The summed E-state index contributed by atoms with van der Waals surface area (Å²) in [5.74, 6) is -0.195. The molecule has 2 N–H and O–H groups in total. The highest BCUT2D eigenvalue weighted by molar-refractivity contribution is 7.89. The number of hydrogen-bond acceptors (Lipinski definition) is 4. The number of carbonyl (C=O) groups is 1. The maximum absolute atomic E-state index is 12.3. The molecule has 26 heavy (non-hydrogen) atoms. The van der Waals surface area contributed by atoms with Crippen molar-refractivity contribution in [2.24, 2.45) is 0 Å². The Balaban J connectivity index is 1.55. The first-order valence-corrected chi connectivity index (χ1v) is 10.1. The molecule has 138 valence electrons. The van der Waals surface area contributed by atoms with Gasteiger partial charge in [0.05, 0.1) is 4.90 Å². The van der Waals surface area contributed by atoms with Gasteiger partial charge in [-0.05, 0) is 49.1 Å². The SMILES string of the molecule is O=C(Nc1ccc(S(=O)(=O)NCCc2ccccc2)cc1)[C@H]1CCCO1. The Morgan fingerprint density at radius 3 is 2.46 bits per heavy atom. The molecule has 1 aliphatic heterocycles. The minimum Gasteiger partial charge on any atom is -0.368 e. The molecule has 0 radical (unpaired) electrons. The van der Waals surface area contributed by atoms with Crippen molar-refractivity contribution in [1.29, 1.82) is 0 Å². The van der Waals surface area contributed by atoms with Gasteiger partial charge in [0.1, 0.15) is 6.10 Å². The molecular weight excluding hydrogens is 352 g/mol. The van der Waals surface area contributed by atoms with Gasteiger partial charge in [0.2, 0.25) is 10.0 Å². The molecule has 1 heterocycles. The summed E-state index contributed by atoms with van der Waals surface area (Å²) in [6, 6.07) is 15.8. The van der Waals surface area contributed by atoms with Crippen LogP contribution in [0.1, 0.15) is 18.4 Å². The monoisotopic (exact) mass is 374 g/mol. The van der Waals surface area contributed by atoms with Crippen LogP contribution in [0, 0.1) is 0 Å². The van der Waals surface area contributed by atoms with Gasteiger partial charge in [-0.25, -0.2) is 13.1 Å². The highest BCUT2D eigenvalue weighted by atomic mass is 32.2. The fourth-order valence-corrected chi connectivity index (χ4v) is 3.81. The maximum Gasteiger partial charge on any atom is 0.253 e. The van der Waals surface area contributed by atoms with Gasteiger partial charge in [-0.1, -0.05) is 30.3 Å². The quantitative estimate of drug-likeness (QED) is 0.779. The lowest BCUT2D eigenvalue weighted by atomic mass is 10.2. The lowest BCUT2D eigenvalue weighted by molar-refractivity contribution is -0.124. The first kappa shape index (κ1) is 18.6. The first-order valence-electron chi connectivity index (χ1n) is 8.61. The zero-order valence-electron chi connectivity index (χ0n) is 14.4. The van der Waals surface area contributed by atoms with Crippen molar-refractivity contribution in [1.82, 2.24) is 4.72 Å². The second-order valence-electron chi connectivity index (χ2n) is 6.15. The second kappa shape index (κ2) is 8.44. The van der Waals surface area contributed by atoms with Crippen LogP contribution in [0.15, 0.2) is 59.5 Å². The normalized spacial score (nSPS) is 17.2. The van der Waals surface area contributed by atoms with Crippen molar-refractivity contribution in [2.45, 2.75) is 30.3 Å². The van der Waals surface area contributed by atoms with E-state index in [1.807, 2.05) is 30.3 Å². The van der Waals surface area contributed by atoms with Crippen molar-refractivity contribution >= 4 is 21.6 Å². The Morgan fingerprint density at radius 1 is 1.08 bits per heavy atom. The topological polar surface area (TPSA) is 84.5 Å². The number of benzene rings is 2. The minimum atomic E-state index is -3.58. The fraction of sp³-hybridized carbons (Fsp3) is 0.316. The molecular formula is C19H22N2O4S. The number of hydrogen-bond donors (Lipinski definition) is 2. The number of rotatable bonds is 7. The standard InChI is InChI=1S/C19H22N2O4S/c22-19(18-7-4-14-25-18)21-16-8-10-17(11-9-16)26(23,24)20-13-12-15-5-2-1-3-6-15/h1-3,5-6,8-11,18,20H,4,7,12-14H2,(H,21,22)/t18-/m1/s1. The highest BCUT2D eigenvalue weighted by Gasteiger charge is 2.23. The summed E-state index contributed by atoms with van der Waals surface area (Å²) in [6.45, 7) is 0.924. The molecule has 0 unspecified atom stereocenters. The average molecular weight is 374 g/mol. The molecule has 2 aromatic rings. The van der Waals surface area contributed by atoms with E-state index < -0.39 is 16.1 Å². The van der Waals surface area contributed by atoms with Gasteiger partial charge in [-0.2, -0.15) is 0 Å². The van der Waals surface area contributed by atoms with Crippen LogP contribution in [0.25, 0.3) is 0 Å². The maximum atomic E-state index is 12.3. The van der Waals surface area contributed by atoms with Crippen LogP contribution in [0.3, 0.4) is 0 Å². The van der Waals surface area contributed by atoms with E-state index >= 15 is 0 Å². The summed E-state index contributed by atoms with van der Waals surface area (Å²) in [5.41, 5.74) is 1.62. The molecule has 0 saturated carbocycles. The molecule has 0 aromatic heterocycles. The Hall–Kier alpha value is -2.22. The van der Waals surface area contributed by atoms with E-state index in [0.29, 0.717) is 31.7 Å². The molecule has 1 fully saturated rings. The van der Waals surface area contributed by atoms with E-state index in [9.17, 15) is 13.2 Å². The van der Waals surface area contributed by atoms with Crippen molar-refractivity contribution in [3.63, 3.8) is 0 Å². The molecule has 6 nitrogen and oxygen atoms in total. The molecule has 7 heteroatoms. The summed E-state index contributed by atoms with van der Waals surface area (Å²) in [7, 11) is -3.58. The zero-order chi connectivity index (χ0) is 18.4. The smallest absolute Gasteiger partial charge is 0.253 e. The van der Waals surface area contributed by atoms with Gasteiger partial charge in [-0.3, -0.25) is 4.79 Å². The van der Waals surface area contributed by atoms with Crippen molar-refractivity contribution in [3.8, 4) is 0 Å². The number of nitrogens with one attached hydrogen (secondary N) is 2. The number of anilines is 1. The fourth-order valence-electron chi connectivity index (χ4n) is 2.78. The van der Waals surface area contributed by atoms with E-state index in [2.05, 4.69) is 10.0 Å².